The number of benzene rings is 2. The normalized spacial score (nSPS) is 12.4. The van der Waals surface area contributed by atoms with Crippen LogP contribution in [0.5, 0.6) is 0 Å². The fraction of sp³-hybridized carbons (Fsp3) is 0.200. The average molecular weight is 264 g/mol. The Hall–Kier alpha value is -1.38. The lowest BCUT2D eigenvalue weighted by Gasteiger charge is -2.15. The van der Waals surface area contributed by atoms with Crippen molar-refractivity contribution in [2.45, 2.75) is 12.3 Å². The first-order chi connectivity index (χ1) is 8.69. The van der Waals surface area contributed by atoms with Crippen LogP contribution in [0.4, 0.5) is 4.39 Å². The maximum atomic E-state index is 12.9. The molecule has 0 aromatic heterocycles. The Kier molecular flexibility index (Phi) is 4.34. The zero-order chi connectivity index (χ0) is 13.0. The van der Waals surface area contributed by atoms with Crippen molar-refractivity contribution in [3.05, 3.63) is 70.5 Å². The molecule has 0 bridgehead atoms. The van der Waals surface area contributed by atoms with Crippen LogP contribution >= 0.6 is 11.6 Å². The van der Waals surface area contributed by atoms with E-state index in [-0.39, 0.29) is 11.7 Å². The highest BCUT2D eigenvalue weighted by atomic mass is 35.5. The van der Waals surface area contributed by atoms with Crippen LogP contribution in [0.15, 0.2) is 48.5 Å². The van der Waals surface area contributed by atoms with E-state index in [0.717, 1.165) is 17.0 Å². The van der Waals surface area contributed by atoms with Gasteiger partial charge in [0.25, 0.3) is 0 Å². The highest BCUT2D eigenvalue weighted by molar-refractivity contribution is 6.30. The van der Waals surface area contributed by atoms with Crippen molar-refractivity contribution in [1.29, 1.82) is 0 Å². The quantitative estimate of drug-likeness (QED) is 0.893. The predicted octanol–water partition coefficient (Wildman–Crippen LogP) is 3.76. The summed E-state index contributed by atoms with van der Waals surface area (Å²) in [5.74, 6) is -0.0206. The van der Waals surface area contributed by atoms with Gasteiger partial charge in [-0.25, -0.2) is 4.39 Å². The van der Waals surface area contributed by atoms with Gasteiger partial charge >= 0.3 is 0 Å². The van der Waals surface area contributed by atoms with E-state index in [1.807, 2.05) is 24.3 Å². The van der Waals surface area contributed by atoms with E-state index >= 15 is 0 Å². The van der Waals surface area contributed by atoms with Gasteiger partial charge < -0.3 is 5.73 Å². The summed E-state index contributed by atoms with van der Waals surface area (Å²) in [6.07, 6.45) is 0.833. The molecule has 0 heterocycles. The van der Waals surface area contributed by atoms with Gasteiger partial charge in [-0.2, -0.15) is 0 Å². The average Bonchev–Trinajstić information content (AvgIpc) is 2.39. The second-order valence-electron chi connectivity index (χ2n) is 4.31. The Morgan fingerprint density at radius 2 is 1.61 bits per heavy atom. The standard InChI is InChI=1S/C15H15ClFN/c16-14-5-1-11(2-6-14)9-13(10-18)12-3-7-15(17)8-4-12/h1-8,13H,9-10,18H2. The Morgan fingerprint density at radius 3 is 2.17 bits per heavy atom. The van der Waals surface area contributed by atoms with Crippen LogP contribution < -0.4 is 5.73 Å². The molecular weight excluding hydrogens is 249 g/mol. The third-order valence-corrected chi connectivity index (χ3v) is 3.27. The van der Waals surface area contributed by atoms with Gasteiger partial charge in [-0.3, -0.25) is 0 Å². The van der Waals surface area contributed by atoms with Crippen molar-refractivity contribution in [1.82, 2.24) is 0 Å². The summed E-state index contributed by atoms with van der Waals surface area (Å²) in [5.41, 5.74) is 8.04. The first kappa shape index (κ1) is 13.1. The van der Waals surface area contributed by atoms with Gasteiger partial charge in [-0.1, -0.05) is 35.9 Å². The van der Waals surface area contributed by atoms with Gasteiger partial charge in [0.1, 0.15) is 5.82 Å². The lowest BCUT2D eigenvalue weighted by molar-refractivity contribution is 0.623. The molecule has 1 nitrogen and oxygen atoms in total. The van der Waals surface area contributed by atoms with Crippen molar-refractivity contribution in [2.75, 3.05) is 6.54 Å². The lowest BCUT2D eigenvalue weighted by Crippen LogP contribution is -2.15. The summed E-state index contributed by atoms with van der Waals surface area (Å²) in [5, 5.41) is 0.727. The second kappa shape index (κ2) is 5.98. The SMILES string of the molecule is NCC(Cc1ccc(Cl)cc1)c1ccc(F)cc1. The van der Waals surface area contributed by atoms with Crippen LogP contribution in [0.25, 0.3) is 0 Å². The number of rotatable bonds is 4. The molecule has 2 aromatic carbocycles. The Labute approximate surface area is 111 Å². The smallest absolute Gasteiger partial charge is 0.123 e. The van der Waals surface area contributed by atoms with Gasteiger partial charge in [0.2, 0.25) is 0 Å². The largest absolute Gasteiger partial charge is 0.330 e. The Morgan fingerprint density at radius 1 is 1.00 bits per heavy atom. The topological polar surface area (TPSA) is 26.0 Å². The van der Waals surface area contributed by atoms with E-state index in [9.17, 15) is 4.39 Å². The number of halogens is 2. The lowest BCUT2D eigenvalue weighted by atomic mass is 9.92. The molecule has 0 aliphatic rings. The highest BCUT2D eigenvalue weighted by Crippen LogP contribution is 2.21. The molecule has 2 aromatic rings. The van der Waals surface area contributed by atoms with Gasteiger partial charge in [0.05, 0.1) is 0 Å². The summed E-state index contributed by atoms with van der Waals surface area (Å²) < 4.78 is 12.9. The molecule has 2 N–H and O–H groups in total. The Bertz CT molecular complexity index is 493. The van der Waals surface area contributed by atoms with Crippen LogP contribution in [0.1, 0.15) is 17.0 Å². The minimum Gasteiger partial charge on any atom is -0.330 e. The molecule has 3 heteroatoms. The van der Waals surface area contributed by atoms with Crippen LogP contribution in [0, 0.1) is 5.82 Å². The predicted molar refractivity (Wildman–Crippen MR) is 73.4 cm³/mol. The van der Waals surface area contributed by atoms with E-state index in [1.165, 1.54) is 17.7 Å². The van der Waals surface area contributed by atoms with Crippen LogP contribution in [0.2, 0.25) is 5.02 Å². The molecule has 2 rings (SSSR count). The molecule has 0 saturated carbocycles. The molecule has 0 aliphatic carbocycles. The van der Waals surface area contributed by atoms with Gasteiger partial charge in [0.15, 0.2) is 0 Å². The summed E-state index contributed by atoms with van der Waals surface area (Å²) in [7, 11) is 0. The van der Waals surface area contributed by atoms with Crippen molar-refractivity contribution in [2.24, 2.45) is 5.73 Å². The molecule has 94 valence electrons. The number of nitrogens with two attached hydrogens (primary N) is 1. The van der Waals surface area contributed by atoms with Crippen LogP contribution in [-0.4, -0.2) is 6.54 Å². The minimum absolute atomic E-state index is 0.201. The molecule has 0 amide bonds. The van der Waals surface area contributed by atoms with E-state index in [0.29, 0.717) is 6.54 Å². The van der Waals surface area contributed by atoms with Crippen molar-refractivity contribution >= 4 is 11.6 Å². The molecular formula is C15H15ClFN. The fourth-order valence-electron chi connectivity index (χ4n) is 1.98. The zero-order valence-corrected chi connectivity index (χ0v) is 10.7. The highest BCUT2D eigenvalue weighted by Gasteiger charge is 2.10. The van der Waals surface area contributed by atoms with Crippen LogP contribution in [0.3, 0.4) is 0 Å². The van der Waals surface area contributed by atoms with Gasteiger partial charge in [-0.15, -0.1) is 0 Å². The van der Waals surface area contributed by atoms with Crippen LogP contribution in [-0.2, 0) is 6.42 Å². The molecule has 0 radical (unpaired) electrons. The number of hydrogen-bond acceptors (Lipinski definition) is 1. The molecule has 0 aliphatic heterocycles. The zero-order valence-electron chi connectivity index (χ0n) is 9.94. The number of hydrogen-bond donors (Lipinski definition) is 1. The summed E-state index contributed by atoms with van der Waals surface area (Å²) >= 11 is 5.85. The second-order valence-corrected chi connectivity index (χ2v) is 4.75. The molecule has 0 fully saturated rings. The monoisotopic (exact) mass is 263 g/mol. The maximum absolute atomic E-state index is 12.9. The third-order valence-electron chi connectivity index (χ3n) is 3.02. The van der Waals surface area contributed by atoms with Crippen molar-refractivity contribution in [3.63, 3.8) is 0 Å². The molecule has 0 spiro atoms. The minimum atomic E-state index is -0.221. The van der Waals surface area contributed by atoms with E-state index in [4.69, 9.17) is 17.3 Å². The first-order valence-electron chi connectivity index (χ1n) is 5.89. The van der Waals surface area contributed by atoms with E-state index in [1.54, 1.807) is 12.1 Å². The van der Waals surface area contributed by atoms with Gasteiger partial charge in [-0.05, 0) is 48.4 Å². The van der Waals surface area contributed by atoms with Crippen molar-refractivity contribution in [3.8, 4) is 0 Å². The molecule has 1 unspecified atom stereocenters. The maximum Gasteiger partial charge on any atom is 0.123 e. The summed E-state index contributed by atoms with van der Waals surface area (Å²) in [6.45, 7) is 0.536. The first-order valence-corrected chi connectivity index (χ1v) is 6.27. The third kappa shape index (κ3) is 3.31. The molecule has 1 atom stereocenters. The molecule has 18 heavy (non-hydrogen) atoms. The molecule has 0 saturated heterocycles. The van der Waals surface area contributed by atoms with E-state index < -0.39 is 0 Å². The van der Waals surface area contributed by atoms with E-state index in [2.05, 4.69) is 0 Å². The summed E-state index contributed by atoms with van der Waals surface area (Å²) in [6, 6.07) is 14.3. The fourth-order valence-corrected chi connectivity index (χ4v) is 2.10. The Balaban J connectivity index is 2.14. The van der Waals surface area contributed by atoms with Crippen molar-refractivity contribution < 1.29 is 4.39 Å². The summed E-state index contributed by atoms with van der Waals surface area (Å²) in [4.78, 5) is 0. The van der Waals surface area contributed by atoms with Gasteiger partial charge in [0, 0.05) is 10.9 Å².